The van der Waals surface area contributed by atoms with Crippen LogP contribution in [-0.2, 0) is 9.59 Å². The minimum absolute atomic E-state index is 0.120. The van der Waals surface area contributed by atoms with Gasteiger partial charge in [-0.1, -0.05) is 24.1 Å². The molecule has 5 rings (SSSR count). The summed E-state index contributed by atoms with van der Waals surface area (Å²) in [6.07, 6.45) is 5.35. The molecule has 1 aliphatic heterocycles. The van der Waals surface area contributed by atoms with Gasteiger partial charge in [-0.25, -0.2) is 9.59 Å². The molecule has 36 heavy (non-hydrogen) atoms. The van der Waals surface area contributed by atoms with E-state index in [9.17, 15) is 19.2 Å². The van der Waals surface area contributed by atoms with Crippen LogP contribution in [0.1, 0.15) is 48.5 Å². The molecule has 3 aliphatic rings. The number of esters is 1. The Kier molecular flexibility index (Phi) is 6.53. The van der Waals surface area contributed by atoms with Crippen LogP contribution < -0.4 is 14.8 Å². The van der Waals surface area contributed by atoms with E-state index in [-0.39, 0.29) is 23.1 Å². The van der Waals surface area contributed by atoms with E-state index < -0.39 is 23.8 Å². The fourth-order valence-electron chi connectivity index (χ4n) is 5.38. The zero-order valence-electron chi connectivity index (χ0n) is 19.7. The molecule has 0 aromatic heterocycles. The third-order valence-electron chi connectivity index (χ3n) is 7.03. The Hall–Kier alpha value is -3.65. The molecule has 4 amide bonds. The highest BCUT2D eigenvalue weighted by atomic mass is 35.5. The molecule has 2 aliphatic carbocycles. The van der Waals surface area contributed by atoms with E-state index in [1.807, 2.05) is 0 Å². The smallest absolute Gasteiger partial charge is 0.343 e. The lowest BCUT2D eigenvalue weighted by Crippen LogP contribution is -2.58. The molecule has 0 radical (unpaired) electrons. The number of nitrogens with one attached hydrogen (secondary N) is 1. The van der Waals surface area contributed by atoms with Crippen LogP contribution in [0.2, 0.25) is 5.02 Å². The number of ether oxygens (including phenoxy) is 2. The largest absolute Gasteiger partial charge is 0.490 e. The maximum Gasteiger partial charge on any atom is 0.343 e. The number of amides is 4. The Morgan fingerprint density at radius 3 is 2.53 bits per heavy atom. The van der Waals surface area contributed by atoms with E-state index in [4.69, 9.17) is 21.1 Å². The highest BCUT2D eigenvalue weighted by Gasteiger charge is 2.49. The summed E-state index contributed by atoms with van der Waals surface area (Å²) in [6, 6.07) is 10.2. The first-order valence-electron chi connectivity index (χ1n) is 12.0. The molecular formula is C27H25ClN2O6. The van der Waals surface area contributed by atoms with E-state index in [2.05, 4.69) is 5.32 Å². The van der Waals surface area contributed by atoms with Crippen molar-refractivity contribution in [1.82, 2.24) is 10.2 Å². The Labute approximate surface area is 213 Å². The average Bonchev–Trinajstić information content (AvgIpc) is 3.47. The van der Waals surface area contributed by atoms with E-state index in [1.165, 1.54) is 17.0 Å². The predicted octanol–water partition coefficient (Wildman–Crippen LogP) is 4.61. The van der Waals surface area contributed by atoms with Crippen molar-refractivity contribution < 1.29 is 28.7 Å². The van der Waals surface area contributed by atoms with Gasteiger partial charge in [0, 0.05) is 11.1 Å². The average molecular weight is 509 g/mol. The third kappa shape index (κ3) is 4.60. The summed E-state index contributed by atoms with van der Waals surface area (Å²) in [7, 11) is 0. The third-order valence-corrected chi connectivity index (χ3v) is 7.28. The van der Waals surface area contributed by atoms with Crippen molar-refractivity contribution in [2.45, 2.75) is 38.6 Å². The molecule has 1 N–H and O–H groups in total. The van der Waals surface area contributed by atoms with E-state index in [1.54, 1.807) is 43.3 Å². The van der Waals surface area contributed by atoms with Crippen molar-refractivity contribution >= 4 is 41.5 Å². The lowest BCUT2D eigenvalue weighted by molar-refractivity contribution is -0.132. The number of rotatable bonds is 6. The summed E-state index contributed by atoms with van der Waals surface area (Å²) in [5, 5.41) is 2.82. The van der Waals surface area contributed by atoms with Crippen LogP contribution in [0, 0.1) is 11.8 Å². The van der Waals surface area contributed by atoms with Crippen LogP contribution >= 0.6 is 11.6 Å². The zero-order chi connectivity index (χ0) is 25.4. The second kappa shape index (κ2) is 9.78. The molecule has 2 aromatic rings. The maximum atomic E-state index is 13.3. The molecule has 2 bridgehead atoms. The van der Waals surface area contributed by atoms with Gasteiger partial charge in [0.1, 0.15) is 5.57 Å². The number of halogens is 1. The minimum atomic E-state index is -0.736. The molecule has 9 heteroatoms. The molecule has 186 valence electrons. The number of benzene rings is 2. The zero-order valence-corrected chi connectivity index (χ0v) is 20.4. The van der Waals surface area contributed by atoms with Gasteiger partial charge in [-0.15, -0.1) is 0 Å². The van der Waals surface area contributed by atoms with Crippen LogP contribution in [0.5, 0.6) is 11.5 Å². The first-order valence-corrected chi connectivity index (χ1v) is 12.4. The second-order valence-corrected chi connectivity index (χ2v) is 9.71. The van der Waals surface area contributed by atoms with Crippen LogP contribution in [0.25, 0.3) is 6.08 Å². The first-order chi connectivity index (χ1) is 17.3. The van der Waals surface area contributed by atoms with Crippen molar-refractivity contribution in [2.75, 3.05) is 6.61 Å². The van der Waals surface area contributed by atoms with Gasteiger partial charge in [0.2, 0.25) is 0 Å². The van der Waals surface area contributed by atoms with Crippen molar-refractivity contribution in [3.63, 3.8) is 0 Å². The lowest BCUT2D eigenvalue weighted by atomic mass is 9.93. The monoisotopic (exact) mass is 508 g/mol. The SMILES string of the molecule is CCOc1cc(/C=C2\C(=O)NC(=O)N([C@H]3C[C@H]4CC[C@H]3C4)C2=O)ccc1OC(=O)c1ccc(Cl)cc1. The standard InChI is InChI=1S/C27H25ClN2O6/c1-2-35-23-14-16(4-10-22(23)36-26(33)17-6-8-19(28)9-7-17)12-20-24(31)29-27(34)30(25(20)32)21-13-15-3-5-18(21)11-15/h4,6-10,12,14-15,18,21H,2-3,5,11,13H2,1H3,(H,29,31,34)/b20-12+/t15-,18-,21-/m0/s1. The van der Waals surface area contributed by atoms with Gasteiger partial charge >= 0.3 is 12.0 Å². The van der Waals surface area contributed by atoms with Crippen molar-refractivity contribution in [2.24, 2.45) is 11.8 Å². The number of fused-ring (bicyclic) bond motifs is 2. The Bertz CT molecular complexity index is 1270. The predicted molar refractivity (Wildman–Crippen MR) is 132 cm³/mol. The molecule has 2 aromatic carbocycles. The fourth-order valence-corrected chi connectivity index (χ4v) is 5.50. The quantitative estimate of drug-likeness (QED) is 0.264. The molecule has 2 saturated carbocycles. The highest BCUT2D eigenvalue weighted by Crippen LogP contribution is 2.47. The first kappa shape index (κ1) is 24.1. The maximum absolute atomic E-state index is 13.3. The topological polar surface area (TPSA) is 102 Å². The van der Waals surface area contributed by atoms with Gasteiger partial charge < -0.3 is 9.47 Å². The van der Waals surface area contributed by atoms with Crippen LogP contribution in [0.15, 0.2) is 48.0 Å². The number of imide groups is 2. The summed E-state index contributed by atoms with van der Waals surface area (Å²) < 4.78 is 11.2. The molecule has 0 unspecified atom stereocenters. The van der Waals surface area contributed by atoms with E-state index in [0.717, 1.165) is 25.7 Å². The van der Waals surface area contributed by atoms with Gasteiger partial charge in [-0.05, 0) is 86.1 Å². The summed E-state index contributed by atoms with van der Waals surface area (Å²) in [4.78, 5) is 52.2. The molecule has 1 heterocycles. The Balaban J connectivity index is 1.40. The molecule has 8 nitrogen and oxygen atoms in total. The molecule has 1 saturated heterocycles. The summed E-state index contributed by atoms with van der Waals surface area (Å²) >= 11 is 5.88. The van der Waals surface area contributed by atoms with Gasteiger partial charge in [-0.3, -0.25) is 19.8 Å². The number of hydrogen-bond acceptors (Lipinski definition) is 6. The molecule has 3 fully saturated rings. The molecular weight excluding hydrogens is 484 g/mol. The number of urea groups is 1. The number of hydrogen-bond donors (Lipinski definition) is 1. The molecule has 0 spiro atoms. The van der Waals surface area contributed by atoms with Gasteiger partial charge in [0.05, 0.1) is 12.2 Å². The Morgan fingerprint density at radius 1 is 1.08 bits per heavy atom. The lowest BCUT2D eigenvalue weighted by Gasteiger charge is -2.35. The number of nitrogens with zero attached hydrogens (tertiary/aromatic N) is 1. The summed E-state index contributed by atoms with van der Waals surface area (Å²) in [6.45, 7) is 2.09. The Morgan fingerprint density at radius 2 is 1.86 bits per heavy atom. The second-order valence-electron chi connectivity index (χ2n) is 9.27. The fraction of sp³-hybridized carbons (Fsp3) is 0.333. The van der Waals surface area contributed by atoms with E-state index >= 15 is 0 Å². The minimum Gasteiger partial charge on any atom is -0.490 e. The molecule has 3 atom stereocenters. The van der Waals surface area contributed by atoms with Crippen LogP contribution in [0.3, 0.4) is 0 Å². The number of carbonyl (C=O) groups is 4. The van der Waals surface area contributed by atoms with E-state index in [0.29, 0.717) is 34.6 Å². The number of barbiturate groups is 1. The highest BCUT2D eigenvalue weighted by molar-refractivity contribution is 6.31. The number of carbonyl (C=O) groups excluding carboxylic acids is 4. The van der Waals surface area contributed by atoms with Crippen LogP contribution in [-0.4, -0.2) is 41.4 Å². The van der Waals surface area contributed by atoms with Gasteiger partial charge in [-0.2, -0.15) is 0 Å². The summed E-state index contributed by atoms with van der Waals surface area (Å²) in [5.74, 6) is -0.615. The van der Waals surface area contributed by atoms with Gasteiger partial charge in [0.25, 0.3) is 11.8 Å². The van der Waals surface area contributed by atoms with Crippen molar-refractivity contribution in [3.05, 3.63) is 64.2 Å². The normalized spacial score (nSPS) is 24.3. The summed E-state index contributed by atoms with van der Waals surface area (Å²) in [5.41, 5.74) is 0.694. The van der Waals surface area contributed by atoms with Gasteiger partial charge in [0.15, 0.2) is 11.5 Å². The van der Waals surface area contributed by atoms with Crippen LogP contribution in [0.4, 0.5) is 4.79 Å². The van der Waals surface area contributed by atoms with Crippen molar-refractivity contribution in [3.8, 4) is 11.5 Å². The van der Waals surface area contributed by atoms with Crippen molar-refractivity contribution in [1.29, 1.82) is 0 Å².